The van der Waals surface area contributed by atoms with E-state index in [-0.39, 0.29) is 0 Å². The van der Waals surface area contributed by atoms with Crippen LogP contribution in [0.2, 0.25) is 0 Å². The third-order valence-electron chi connectivity index (χ3n) is 3.20. The summed E-state index contributed by atoms with van der Waals surface area (Å²) in [6.07, 6.45) is 3.22. The predicted octanol–water partition coefficient (Wildman–Crippen LogP) is 3.42. The van der Waals surface area contributed by atoms with Gasteiger partial charge < -0.3 is 10.5 Å². The predicted molar refractivity (Wildman–Crippen MR) is 76.4 cm³/mol. The second-order valence-corrected chi connectivity index (χ2v) is 4.59. The van der Waals surface area contributed by atoms with Crippen LogP contribution in [0.3, 0.4) is 0 Å². The molecular formula is C15H19N3O. The van der Waals surface area contributed by atoms with Crippen molar-refractivity contribution in [3.63, 3.8) is 0 Å². The van der Waals surface area contributed by atoms with Crippen LogP contribution in [-0.4, -0.2) is 9.97 Å². The average molecular weight is 257 g/mol. The lowest BCUT2D eigenvalue weighted by Gasteiger charge is -2.13. The highest BCUT2D eigenvalue weighted by Crippen LogP contribution is 2.29. The molecule has 1 heterocycles. The molecule has 100 valence electrons. The molecule has 0 atom stereocenters. The highest BCUT2D eigenvalue weighted by molar-refractivity contribution is 5.47. The smallest absolute Gasteiger partial charge is 0.227 e. The maximum Gasteiger partial charge on any atom is 0.227 e. The number of benzene rings is 1. The summed E-state index contributed by atoms with van der Waals surface area (Å²) >= 11 is 0. The van der Waals surface area contributed by atoms with Gasteiger partial charge in [-0.3, -0.25) is 0 Å². The van der Waals surface area contributed by atoms with Crippen LogP contribution in [0.1, 0.15) is 30.0 Å². The number of aryl methyl sites for hydroxylation is 1. The first-order chi connectivity index (χ1) is 9.13. The van der Waals surface area contributed by atoms with Crippen LogP contribution in [0, 0.1) is 13.8 Å². The van der Waals surface area contributed by atoms with Gasteiger partial charge in [0.15, 0.2) is 0 Å². The number of hydrogen-bond acceptors (Lipinski definition) is 4. The Balaban J connectivity index is 2.38. The highest BCUT2D eigenvalue weighted by Gasteiger charge is 2.12. The Labute approximate surface area is 113 Å². The van der Waals surface area contributed by atoms with Gasteiger partial charge in [-0.25, -0.2) is 9.97 Å². The van der Waals surface area contributed by atoms with E-state index in [0.717, 1.165) is 29.7 Å². The Morgan fingerprint density at radius 1 is 1.21 bits per heavy atom. The zero-order valence-electron chi connectivity index (χ0n) is 11.6. The zero-order chi connectivity index (χ0) is 13.8. The van der Waals surface area contributed by atoms with E-state index in [1.54, 1.807) is 0 Å². The molecule has 2 aromatic rings. The Morgan fingerprint density at radius 3 is 2.74 bits per heavy atom. The largest absolute Gasteiger partial charge is 0.438 e. The van der Waals surface area contributed by atoms with Crippen molar-refractivity contribution in [1.29, 1.82) is 0 Å². The van der Waals surface area contributed by atoms with Crippen molar-refractivity contribution in [2.24, 2.45) is 0 Å². The first-order valence-electron chi connectivity index (χ1n) is 6.47. The molecule has 0 unspecified atom stereocenters. The molecule has 4 nitrogen and oxygen atoms in total. The van der Waals surface area contributed by atoms with Crippen molar-refractivity contribution in [3.05, 3.63) is 41.2 Å². The lowest BCUT2D eigenvalue weighted by atomic mass is 10.1. The molecule has 1 aromatic heterocycles. The van der Waals surface area contributed by atoms with E-state index >= 15 is 0 Å². The summed E-state index contributed by atoms with van der Waals surface area (Å²) in [4.78, 5) is 8.24. The van der Waals surface area contributed by atoms with Gasteiger partial charge in [-0.05, 0) is 37.5 Å². The summed E-state index contributed by atoms with van der Waals surface area (Å²) in [7, 11) is 0. The number of nitrogen functional groups attached to an aromatic ring is 1. The second-order valence-electron chi connectivity index (χ2n) is 4.59. The van der Waals surface area contributed by atoms with Gasteiger partial charge in [0.1, 0.15) is 17.9 Å². The van der Waals surface area contributed by atoms with Gasteiger partial charge in [-0.15, -0.1) is 0 Å². The van der Waals surface area contributed by atoms with Crippen LogP contribution in [-0.2, 0) is 6.42 Å². The van der Waals surface area contributed by atoms with Gasteiger partial charge >= 0.3 is 0 Å². The molecule has 0 aliphatic carbocycles. The monoisotopic (exact) mass is 257 g/mol. The molecule has 0 fully saturated rings. The van der Waals surface area contributed by atoms with Gasteiger partial charge in [-0.1, -0.05) is 25.5 Å². The molecule has 0 radical (unpaired) electrons. The summed E-state index contributed by atoms with van der Waals surface area (Å²) in [6, 6.07) is 5.97. The molecule has 0 aliphatic heterocycles. The van der Waals surface area contributed by atoms with E-state index in [4.69, 9.17) is 10.5 Å². The van der Waals surface area contributed by atoms with Crippen LogP contribution < -0.4 is 10.5 Å². The van der Waals surface area contributed by atoms with Crippen molar-refractivity contribution in [2.75, 3.05) is 5.73 Å². The number of aromatic nitrogens is 2. The maximum atomic E-state index is 5.92. The molecule has 0 aliphatic rings. The number of nitrogens with two attached hydrogens (primary N) is 1. The second kappa shape index (κ2) is 5.69. The summed E-state index contributed by atoms with van der Waals surface area (Å²) < 4.78 is 5.92. The number of hydrogen-bond donors (Lipinski definition) is 1. The minimum atomic E-state index is 0.497. The molecule has 1 aromatic carbocycles. The van der Waals surface area contributed by atoms with Gasteiger partial charge in [0.2, 0.25) is 5.88 Å². The molecule has 0 saturated carbocycles. The minimum Gasteiger partial charge on any atom is -0.438 e. The summed E-state index contributed by atoms with van der Waals surface area (Å²) in [5.41, 5.74) is 9.08. The van der Waals surface area contributed by atoms with E-state index in [2.05, 4.69) is 29.9 Å². The molecule has 2 rings (SSSR count). The molecule has 0 saturated heterocycles. The summed E-state index contributed by atoms with van der Waals surface area (Å²) in [5, 5.41) is 0. The third-order valence-corrected chi connectivity index (χ3v) is 3.20. The Morgan fingerprint density at radius 2 is 2.00 bits per heavy atom. The molecule has 2 N–H and O–H groups in total. The van der Waals surface area contributed by atoms with Gasteiger partial charge in [0.05, 0.1) is 5.56 Å². The molecule has 0 spiro atoms. The third kappa shape index (κ3) is 2.84. The number of anilines is 1. The van der Waals surface area contributed by atoms with Crippen molar-refractivity contribution in [1.82, 2.24) is 9.97 Å². The first kappa shape index (κ1) is 13.3. The number of ether oxygens (including phenoxy) is 1. The van der Waals surface area contributed by atoms with Gasteiger partial charge in [0, 0.05) is 0 Å². The topological polar surface area (TPSA) is 61.0 Å². The van der Waals surface area contributed by atoms with E-state index in [0.29, 0.717) is 11.7 Å². The average Bonchev–Trinajstić information content (AvgIpc) is 2.39. The fourth-order valence-electron chi connectivity index (χ4n) is 1.92. The molecule has 0 bridgehead atoms. The highest BCUT2D eigenvalue weighted by atomic mass is 16.5. The van der Waals surface area contributed by atoms with E-state index in [1.807, 2.05) is 19.1 Å². The van der Waals surface area contributed by atoms with E-state index < -0.39 is 0 Å². The van der Waals surface area contributed by atoms with Crippen LogP contribution in [0.15, 0.2) is 24.5 Å². The standard InChI is InChI=1S/C15H19N3O/c1-4-6-12-14(16)17-9-18-15(12)19-13-8-5-7-10(2)11(13)3/h5,7-9H,4,6H2,1-3H3,(H2,16,17,18). The Bertz CT molecular complexity index is 582. The molecule has 4 heteroatoms. The SMILES string of the molecule is CCCc1c(N)ncnc1Oc1cccc(C)c1C. The lowest BCUT2D eigenvalue weighted by Crippen LogP contribution is -2.03. The zero-order valence-corrected chi connectivity index (χ0v) is 11.6. The minimum absolute atomic E-state index is 0.497. The van der Waals surface area contributed by atoms with E-state index in [9.17, 15) is 0 Å². The Kier molecular flexibility index (Phi) is 4.00. The Hall–Kier alpha value is -2.10. The van der Waals surface area contributed by atoms with Gasteiger partial charge in [0.25, 0.3) is 0 Å². The van der Waals surface area contributed by atoms with Crippen LogP contribution in [0.5, 0.6) is 11.6 Å². The molecular weight excluding hydrogens is 238 g/mol. The van der Waals surface area contributed by atoms with Crippen molar-refractivity contribution in [3.8, 4) is 11.6 Å². The fraction of sp³-hybridized carbons (Fsp3) is 0.333. The van der Waals surface area contributed by atoms with Crippen molar-refractivity contribution in [2.45, 2.75) is 33.6 Å². The lowest BCUT2D eigenvalue weighted by molar-refractivity contribution is 0.451. The quantitative estimate of drug-likeness (QED) is 0.911. The number of nitrogens with zero attached hydrogens (tertiary/aromatic N) is 2. The molecule has 0 amide bonds. The van der Waals surface area contributed by atoms with Gasteiger partial charge in [-0.2, -0.15) is 0 Å². The fourth-order valence-corrected chi connectivity index (χ4v) is 1.92. The van der Waals surface area contributed by atoms with Crippen LogP contribution >= 0.6 is 0 Å². The van der Waals surface area contributed by atoms with Crippen molar-refractivity contribution < 1.29 is 4.74 Å². The first-order valence-corrected chi connectivity index (χ1v) is 6.47. The number of rotatable bonds is 4. The normalized spacial score (nSPS) is 10.5. The van der Waals surface area contributed by atoms with Crippen LogP contribution in [0.25, 0.3) is 0 Å². The molecule has 19 heavy (non-hydrogen) atoms. The maximum absolute atomic E-state index is 5.92. The summed E-state index contributed by atoms with van der Waals surface area (Å²) in [5.74, 6) is 1.87. The van der Waals surface area contributed by atoms with E-state index in [1.165, 1.54) is 11.9 Å². The van der Waals surface area contributed by atoms with Crippen molar-refractivity contribution >= 4 is 5.82 Å². The summed E-state index contributed by atoms with van der Waals surface area (Å²) in [6.45, 7) is 6.19. The van der Waals surface area contributed by atoms with Crippen LogP contribution in [0.4, 0.5) is 5.82 Å².